The first-order chi connectivity index (χ1) is 15.7. The van der Waals surface area contributed by atoms with Gasteiger partial charge in [0.1, 0.15) is 0 Å². The lowest BCUT2D eigenvalue weighted by Gasteiger charge is -2.27. The zero-order valence-corrected chi connectivity index (χ0v) is 19.9. The lowest BCUT2D eigenvalue weighted by atomic mass is 9.76. The summed E-state index contributed by atoms with van der Waals surface area (Å²) >= 11 is 0. The van der Waals surface area contributed by atoms with Crippen LogP contribution in [0.4, 0.5) is 0 Å². The average Bonchev–Trinajstić information content (AvgIpc) is 2.79. The third kappa shape index (κ3) is 7.26. The number of hydrogen-bond donors (Lipinski definition) is 2. The summed E-state index contributed by atoms with van der Waals surface area (Å²) in [6.07, 6.45) is 5.60. The molecule has 0 aliphatic heterocycles. The van der Waals surface area contributed by atoms with Crippen molar-refractivity contribution in [2.75, 3.05) is 0 Å². The Morgan fingerprint density at radius 2 is 1.12 bits per heavy atom. The zero-order valence-electron chi connectivity index (χ0n) is 19.9. The highest BCUT2D eigenvalue weighted by Crippen LogP contribution is 2.34. The smallest absolute Gasteiger partial charge is 0.335 e. The van der Waals surface area contributed by atoms with E-state index in [9.17, 15) is 19.8 Å². The molecule has 0 aliphatic rings. The van der Waals surface area contributed by atoms with E-state index in [0.717, 1.165) is 49.7 Å². The normalized spacial score (nSPS) is 10.5. The maximum absolute atomic E-state index is 11.8. The molecule has 0 aliphatic carbocycles. The van der Waals surface area contributed by atoms with Gasteiger partial charge in [0, 0.05) is 29.4 Å². The second kappa shape index (κ2) is 11.9. The molecule has 0 radical (unpaired) electrons. The number of carbonyl (C=O) groups is 2. The molecule has 0 fully saturated rings. The van der Waals surface area contributed by atoms with Crippen molar-refractivity contribution in [3.05, 3.63) is 69.8 Å². The van der Waals surface area contributed by atoms with Gasteiger partial charge < -0.3 is 10.2 Å². The predicted molar refractivity (Wildman–Crippen MR) is 132 cm³/mol. The summed E-state index contributed by atoms with van der Waals surface area (Å²) in [5.41, 5.74) is 2.47. The molecule has 2 aromatic carbocycles. The van der Waals surface area contributed by atoms with Crippen LogP contribution in [0.3, 0.4) is 0 Å². The fourth-order valence-electron chi connectivity index (χ4n) is 3.39. The Bertz CT molecular complexity index is 1040. The van der Waals surface area contributed by atoms with Crippen LogP contribution in [0.1, 0.15) is 109 Å². The van der Waals surface area contributed by atoms with Crippen molar-refractivity contribution in [3.8, 4) is 23.7 Å². The predicted octanol–water partition coefficient (Wildman–Crippen LogP) is 6.49. The summed E-state index contributed by atoms with van der Waals surface area (Å²) in [5.74, 6) is 10.4. The average molecular weight is 445 g/mol. The van der Waals surface area contributed by atoms with E-state index in [1.54, 1.807) is 24.3 Å². The summed E-state index contributed by atoms with van der Waals surface area (Å²) in [7, 11) is 0. The third-order valence-corrected chi connectivity index (χ3v) is 5.58. The van der Waals surface area contributed by atoms with Crippen molar-refractivity contribution in [1.29, 1.82) is 0 Å². The van der Waals surface area contributed by atoms with Crippen LogP contribution < -0.4 is 0 Å². The zero-order chi connectivity index (χ0) is 24.4. The van der Waals surface area contributed by atoms with Crippen LogP contribution in [-0.4, -0.2) is 22.2 Å². The molecule has 0 atom stereocenters. The molecule has 4 nitrogen and oxygen atoms in total. The molecule has 0 bridgehead atoms. The molecular formula is C29H32O4. The van der Waals surface area contributed by atoms with E-state index in [4.69, 9.17) is 0 Å². The van der Waals surface area contributed by atoms with Gasteiger partial charge in [-0.3, -0.25) is 0 Å². The largest absolute Gasteiger partial charge is 0.478 e. The Morgan fingerprint density at radius 3 is 1.45 bits per heavy atom. The van der Waals surface area contributed by atoms with Crippen LogP contribution in [0.25, 0.3) is 0 Å². The standard InChI is InChI=1S/C29H32O4/c1-5-7-9-11-13-21-15-23(27(30)31)19-25(17-21)29(3,4)26-18-22(14-12-10-8-6-2)16-24(20-26)28(32)33/h15-20H,5-10H2,1-4H3,(H,30,31)(H,32,33). The van der Waals surface area contributed by atoms with E-state index in [-0.39, 0.29) is 11.1 Å². The van der Waals surface area contributed by atoms with Gasteiger partial charge in [-0.1, -0.05) is 64.2 Å². The number of benzene rings is 2. The Morgan fingerprint density at radius 1 is 0.727 bits per heavy atom. The summed E-state index contributed by atoms with van der Waals surface area (Å²) in [6, 6.07) is 10.2. The van der Waals surface area contributed by atoms with Crippen molar-refractivity contribution in [2.45, 2.75) is 71.6 Å². The third-order valence-electron chi connectivity index (χ3n) is 5.58. The molecule has 2 N–H and O–H groups in total. The monoisotopic (exact) mass is 444 g/mol. The molecule has 33 heavy (non-hydrogen) atoms. The Balaban J connectivity index is 2.58. The lowest BCUT2D eigenvalue weighted by Crippen LogP contribution is -2.21. The highest BCUT2D eigenvalue weighted by Gasteiger charge is 2.26. The van der Waals surface area contributed by atoms with Gasteiger partial charge in [0.15, 0.2) is 0 Å². The molecule has 2 aromatic rings. The minimum absolute atomic E-state index is 0.161. The lowest BCUT2D eigenvalue weighted by molar-refractivity contribution is 0.0686. The number of carboxylic acids is 2. The first-order valence-corrected chi connectivity index (χ1v) is 11.4. The second-order valence-electron chi connectivity index (χ2n) is 8.64. The Hall–Kier alpha value is -3.50. The van der Waals surface area contributed by atoms with Gasteiger partial charge in [-0.05, 0) is 60.4 Å². The fourth-order valence-corrected chi connectivity index (χ4v) is 3.39. The second-order valence-corrected chi connectivity index (χ2v) is 8.64. The summed E-state index contributed by atoms with van der Waals surface area (Å²) in [4.78, 5) is 23.5. The van der Waals surface area contributed by atoms with E-state index in [2.05, 4.69) is 37.5 Å². The van der Waals surface area contributed by atoms with Crippen molar-refractivity contribution in [1.82, 2.24) is 0 Å². The minimum Gasteiger partial charge on any atom is -0.478 e. The van der Waals surface area contributed by atoms with Gasteiger partial charge in [0.05, 0.1) is 11.1 Å². The van der Waals surface area contributed by atoms with Crippen molar-refractivity contribution < 1.29 is 19.8 Å². The number of unbranched alkanes of at least 4 members (excludes halogenated alkanes) is 4. The summed E-state index contributed by atoms with van der Waals surface area (Å²) in [6.45, 7) is 8.11. The van der Waals surface area contributed by atoms with E-state index in [1.807, 2.05) is 26.0 Å². The molecule has 172 valence electrons. The quantitative estimate of drug-likeness (QED) is 0.360. The molecule has 0 spiro atoms. The van der Waals surface area contributed by atoms with Gasteiger partial charge in [0.25, 0.3) is 0 Å². The Labute approximate surface area is 197 Å². The van der Waals surface area contributed by atoms with Crippen LogP contribution in [0.15, 0.2) is 36.4 Å². The molecule has 2 rings (SSSR count). The van der Waals surface area contributed by atoms with Gasteiger partial charge >= 0.3 is 11.9 Å². The first kappa shape index (κ1) is 25.8. The summed E-state index contributed by atoms with van der Waals surface area (Å²) in [5, 5.41) is 19.3. The number of aromatic carboxylic acids is 2. The van der Waals surface area contributed by atoms with Crippen molar-refractivity contribution in [3.63, 3.8) is 0 Å². The molecule has 0 heterocycles. The van der Waals surface area contributed by atoms with Gasteiger partial charge in [-0.2, -0.15) is 0 Å². The first-order valence-electron chi connectivity index (χ1n) is 11.4. The van der Waals surface area contributed by atoms with Gasteiger partial charge in [-0.25, -0.2) is 9.59 Å². The van der Waals surface area contributed by atoms with Crippen LogP contribution in [0.5, 0.6) is 0 Å². The molecule has 0 saturated carbocycles. The van der Waals surface area contributed by atoms with Crippen LogP contribution in [0, 0.1) is 23.7 Å². The van der Waals surface area contributed by atoms with Gasteiger partial charge in [0.2, 0.25) is 0 Å². The maximum Gasteiger partial charge on any atom is 0.335 e. The number of hydrogen-bond acceptors (Lipinski definition) is 2. The van der Waals surface area contributed by atoms with Crippen molar-refractivity contribution >= 4 is 11.9 Å². The van der Waals surface area contributed by atoms with Crippen LogP contribution in [-0.2, 0) is 5.41 Å². The van der Waals surface area contributed by atoms with E-state index in [1.165, 1.54) is 0 Å². The summed E-state index contributed by atoms with van der Waals surface area (Å²) < 4.78 is 0. The van der Waals surface area contributed by atoms with E-state index >= 15 is 0 Å². The molecule has 0 amide bonds. The van der Waals surface area contributed by atoms with Crippen molar-refractivity contribution in [2.24, 2.45) is 0 Å². The highest BCUT2D eigenvalue weighted by molar-refractivity contribution is 5.89. The molecule has 0 unspecified atom stereocenters. The van der Waals surface area contributed by atoms with E-state index < -0.39 is 17.4 Å². The van der Waals surface area contributed by atoms with Crippen LogP contribution in [0.2, 0.25) is 0 Å². The van der Waals surface area contributed by atoms with Gasteiger partial charge in [-0.15, -0.1) is 0 Å². The SMILES string of the molecule is CCCCC#Cc1cc(C(=O)O)cc(C(C)(C)c2cc(C#CCCCC)cc(C(=O)O)c2)c1. The molecule has 0 saturated heterocycles. The number of rotatable bonds is 8. The number of carboxylic acid groups (broad SMARTS) is 2. The highest BCUT2D eigenvalue weighted by atomic mass is 16.4. The van der Waals surface area contributed by atoms with E-state index in [0.29, 0.717) is 11.1 Å². The fraction of sp³-hybridized carbons (Fsp3) is 0.379. The van der Waals surface area contributed by atoms with Crippen LogP contribution >= 0.6 is 0 Å². The Kier molecular flexibility index (Phi) is 9.31. The topological polar surface area (TPSA) is 74.6 Å². The minimum atomic E-state index is -1.02. The molecule has 4 heteroatoms. The maximum atomic E-state index is 11.8. The molecule has 0 aromatic heterocycles. The molecular weight excluding hydrogens is 412 g/mol.